The summed E-state index contributed by atoms with van der Waals surface area (Å²) >= 11 is 0. The van der Waals surface area contributed by atoms with E-state index in [0.29, 0.717) is 43.5 Å². The first-order valence-corrected chi connectivity index (χ1v) is 9.80. The van der Waals surface area contributed by atoms with Crippen LogP contribution < -0.4 is 10.2 Å². The van der Waals surface area contributed by atoms with Crippen LogP contribution in [0.3, 0.4) is 0 Å². The fourth-order valence-electron chi connectivity index (χ4n) is 3.82. The van der Waals surface area contributed by atoms with Gasteiger partial charge < -0.3 is 10.2 Å². The predicted octanol–water partition coefficient (Wildman–Crippen LogP) is 4.36. The van der Waals surface area contributed by atoms with Gasteiger partial charge in [-0.05, 0) is 56.9 Å². The molecule has 0 aliphatic heterocycles. The van der Waals surface area contributed by atoms with Crippen molar-refractivity contribution in [3.63, 3.8) is 0 Å². The largest absolute Gasteiger partial charge is 0.325 e. The maximum absolute atomic E-state index is 13.0. The van der Waals surface area contributed by atoms with E-state index in [-0.39, 0.29) is 23.7 Å². The Kier molecular flexibility index (Phi) is 6.44. The van der Waals surface area contributed by atoms with Crippen molar-refractivity contribution in [2.24, 2.45) is 11.8 Å². The smallest absolute Gasteiger partial charge is 0.230 e. The molecule has 1 N–H and O–H groups in total. The van der Waals surface area contributed by atoms with Gasteiger partial charge >= 0.3 is 0 Å². The Balaban J connectivity index is 1.58. The molecule has 28 heavy (non-hydrogen) atoms. The number of carbonyl (C=O) groups excluding carboxylic acids is 2. The van der Waals surface area contributed by atoms with Gasteiger partial charge in [0.2, 0.25) is 11.8 Å². The Morgan fingerprint density at radius 3 is 2.25 bits per heavy atom. The van der Waals surface area contributed by atoms with Crippen molar-refractivity contribution in [3.05, 3.63) is 60.2 Å². The third kappa shape index (κ3) is 4.40. The topological polar surface area (TPSA) is 73.2 Å². The molecule has 0 radical (unpaired) electrons. The first-order valence-electron chi connectivity index (χ1n) is 9.80. The van der Waals surface area contributed by atoms with Crippen molar-refractivity contribution in [2.45, 2.75) is 32.6 Å². The van der Waals surface area contributed by atoms with Gasteiger partial charge in [-0.3, -0.25) is 9.59 Å². The Morgan fingerprint density at radius 1 is 1.00 bits per heavy atom. The number of carbonyl (C=O) groups is 2. The van der Waals surface area contributed by atoms with E-state index in [1.807, 2.05) is 42.2 Å². The van der Waals surface area contributed by atoms with Crippen LogP contribution >= 0.6 is 0 Å². The van der Waals surface area contributed by atoms with Gasteiger partial charge in [0.25, 0.3) is 0 Å². The molecule has 2 aromatic carbocycles. The zero-order valence-corrected chi connectivity index (χ0v) is 16.1. The molecular formula is C23H25N3O2. The quantitative estimate of drug-likeness (QED) is 0.844. The molecule has 0 bridgehead atoms. The highest BCUT2D eigenvalue weighted by molar-refractivity contribution is 5.96. The van der Waals surface area contributed by atoms with Gasteiger partial charge in [-0.1, -0.05) is 30.3 Å². The number of nitriles is 1. The number of para-hydroxylation sites is 2. The number of benzene rings is 2. The third-order valence-electron chi connectivity index (χ3n) is 5.40. The van der Waals surface area contributed by atoms with Crippen molar-refractivity contribution in [1.82, 2.24) is 0 Å². The van der Waals surface area contributed by atoms with E-state index in [1.54, 1.807) is 24.3 Å². The molecule has 0 saturated heterocycles. The van der Waals surface area contributed by atoms with Crippen molar-refractivity contribution >= 4 is 23.2 Å². The summed E-state index contributed by atoms with van der Waals surface area (Å²) in [5.74, 6) is -0.0930. The van der Waals surface area contributed by atoms with Crippen LogP contribution in [-0.2, 0) is 9.59 Å². The number of hydrogen-bond acceptors (Lipinski definition) is 3. The minimum atomic E-state index is -0.123. The molecule has 144 valence electrons. The van der Waals surface area contributed by atoms with Crippen LogP contribution in [0.25, 0.3) is 0 Å². The van der Waals surface area contributed by atoms with Crippen molar-refractivity contribution < 1.29 is 9.59 Å². The first-order chi connectivity index (χ1) is 13.6. The molecule has 2 amide bonds. The summed E-state index contributed by atoms with van der Waals surface area (Å²) < 4.78 is 0. The van der Waals surface area contributed by atoms with E-state index >= 15 is 0 Å². The van der Waals surface area contributed by atoms with Crippen LogP contribution in [0.2, 0.25) is 0 Å². The zero-order chi connectivity index (χ0) is 19.9. The fraction of sp³-hybridized carbons (Fsp3) is 0.348. The molecule has 3 rings (SSSR count). The zero-order valence-electron chi connectivity index (χ0n) is 16.1. The molecule has 2 aromatic rings. The minimum Gasteiger partial charge on any atom is -0.325 e. The summed E-state index contributed by atoms with van der Waals surface area (Å²) in [5, 5.41) is 12.0. The van der Waals surface area contributed by atoms with Gasteiger partial charge in [0.1, 0.15) is 6.07 Å². The Morgan fingerprint density at radius 2 is 1.61 bits per heavy atom. The van der Waals surface area contributed by atoms with E-state index in [2.05, 4.69) is 11.4 Å². The maximum Gasteiger partial charge on any atom is 0.230 e. The Labute approximate surface area is 166 Å². The first kappa shape index (κ1) is 19.6. The van der Waals surface area contributed by atoms with E-state index in [0.717, 1.165) is 5.69 Å². The highest BCUT2D eigenvalue weighted by atomic mass is 16.2. The molecule has 1 saturated carbocycles. The average Bonchev–Trinajstić information content (AvgIpc) is 2.75. The highest BCUT2D eigenvalue weighted by Gasteiger charge is 2.32. The molecule has 5 nitrogen and oxygen atoms in total. The average molecular weight is 375 g/mol. The van der Waals surface area contributed by atoms with E-state index in [1.165, 1.54) is 0 Å². The molecule has 1 aliphatic carbocycles. The van der Waals surface area contributed by atoms with Crippen molar-refractivity contribution in [1.29, 1.82) is 5.26 Å². The number of anilines is 2. The van der Waals surface area contributed by atoms with Crippen LogP contribution in [-0.4, -0.2) is 18.4 Å². The molecule has 0 heterocycles. The normalized spacial score (nSPS) is 18.7. The van der Waals surface area contributed by atoms with Crippen molar-refractivity contribution in [3.8, 4) is 6.07 Å². The lowest BCUT2D eigenvalue weighted by atomic mass is 9.80. The van der Waals surface area contributed by atoms with Gasteiger partial charge in [0.05, 0.1) is 11.3 Å². The second-order valence-electron chi connectivity index (χ2n) is 7.11. The second-order valence-corrected chi connectivity index (χ2v) is 7.11. The Hall–Kier alpha value is -3.13. The summed E-state index contributed by atoms with van der Waals surface area (Å²) in [6.45, 7) is 2.62. The van der Waals surface area contributed by atoms with Crippen LogP contribution in [0.5, 0.6) is 0 Å². The number of amides is 2. The molecule has 0 unspecified atom stereocenters. The molecule has 0 atom stereocenters. The summed E-state index contributed by atoms with van der Waals surface area (Å²) in [7, 11) is 0. The minimum absolute atomic E-state index is 0.0457. The van der Waals surface area contributed by atoms with Crippen LogP contribution in [0, 0.1) is 23.2 Å². The summed E-state index contributed by atoms with van der Waals surface area (Å²) in [6, 6.07) is 18.8. The Bertz CT molecular complexity index is 865. The number of hydrogen-bond donors (Lipinski definition) is 1. The molecule has 5 heteroatoms. The molecule has 0 aromatic heterocycles. The van der Waals surface area contributed by atoms with Gasteiger partial charge in [0, 0.05) is 24.1 Å². The third-order valence-corrected chi connectivity index (χ3v) is 5.40. The van der Waals surface area contributed by atoms with Gasteiger partial charge in [-0.25, -0.2) is 0 Å². The van der Waals surface area contributed by atoms with Crippen LogP contribution in [0.15, 0.2) is 54.6 Å². The monoisotopic (exact) mass is 375 g/mol. The lowest BCUT2D eigenvalue weighted by Crippen LogP contribution is -2.39. The van der Waals surface area contributed by atoms with Crippen molar-refractivity contribution in [2.75, 3.05) is 16.8 Å². The highest BCUT2D eigenvalue weighted by Crippen LogP contribution is 2.32. The van der Waals surface area contributed by atoms with Gasteiger partial charge in [-0.2, -0.15) is 5.26 Å². The predicted molar refractivity (Wildman–Crippen MR) is 110 cm³/mol. The lowest BCUT2D eigenvalue weighted by Gasteiger charge is -2.31. The van der Waals surface area contributed by atoms with Crippen LogP contribution in [0.4, 0.5) is 11.4 Å². The summed E-state index contributed by atoms with van der Waals surface area (Å²) in [4.78, 5) is 27.4. The second kappa shape index (κ2) is 9.18. The van der Waals surface area contributed by atoms with E-state index < -0.39 is 0 Å². The van der Waals surface area contributed by atoms with E-state index in [4.69, 9.17) is 5.26 Å². The van der Waals surface area contributed by atoms with E-state index in [9.17, 15) is 9.59 Å². The standard InChI is InChI=1S/C23H25N3O2/c1-2-26(20-9-4-3-5-10-20)23(28)18-14-12-17(13-15-18)22(27)25-21-11-7-6-8-19(21)16-24/h3-11,17-18H,2,12-15H2,1H3,(H,25,27). The number of nitrogens with zero attached hydrogens (tertiary/aromatic N) is 2. The van der Waals surface area contributed by atoms with Gasteiger partial charge in [0.15, 0.2) is 0 Å². The van der Waals surface area contributed by atoms with Crippen LogP contribution in [0.1, 0.15) is 38.2 Å². The van der Waals surface area contributed by atoms with Gasteiger partial charge in [-0.15, -0.1) is 0 Å². The summed E-state index contributed by atoms with van der Waals surface area (Å²) in [5.41, 5.74) is 1.93. The fourth-order valence-corrected chi connectivity index (χ4v) is 3.82. The number of rotatable bonds is 5. The molecule has 1 fully saturated rings. The number of nitrogens with one attached hydrogen (secondary N) is 1. The molecule has 1 aliphatic rings. The SMILES string of the molecule is CCN(C(=O)C1CCC(C(=O)Nc2ccccc2C#N)CC1)c1ccccc1. The lowest BCUT2D eigenvalue weighted by molar-refractivity contribution is -0.126. The summed E-state index contributed by atoms with van der Waals surface area (Å²) in [6.07, 6.45) is 2.78. The molecular weight excluding hydrogens is 350 g/mol. The maximum atomic E-state index is 13.0. The molecule has 0 spiro atoms.